The highest BCUT2D eigenvalue weighted by Gasteiger charge is 2.25. The van der Waals surface area contributed by atoms with Gasteiger partial charge in [-0.3, -0.25) is 4.79 Å². The van der Waals surface area contributed by atoms with Gasteiger partial charge in [0.1, 0.15) is 6.54 Å². The number of anilines is 3. The van der Waals surface area contributed by atoms with E-state index in [0.717, 1.165) is 30.0 Å². The molecular weight excluding hydrogens is 342 g/mol. The minimum Gasteiger partial charge on any atom is -0.423 e. The maximum atomic E-state index is 12.5. The number of carbonyl (C=O) groups excluding carboxylic acids is 2. The fourth-order valence-electron chi connectivity index (χ4n) is 3.60. The van der Waals surface area contributed by atoms with Crippen LogP contribution >= 0.6 is 0 Å². The summed E-state index contributed by atoms with van der Waals surface area (Å²) in [4.78, 5) is 28.4. The number of nitrogens with zero attached hydrogens (tertiary/aromatic N) is 2. The Morgan fingerprint density at radius 2 is 1.85 bits per heavy atom. The minimum atomic E-state index is -0.353. The molecule has 1 amide bonds. The summed E-state index contributed by atoms with van der Waals surface area (Å²) in [6.07, 6.45) is 2.47. The highest BCUT2D eigenvalue weighted by Crippen LogP contribution is 2.32. The Morgan fingerprint density at radius 3 is 2.59 bits per heavy atom. The van der Waals surface area contributed by atoms with E-state index in [9.17, 15) is 9.59 Å². The molecular formula is C21H23N3O3. The number of nitrogens with one attached hydrogen (secondary N) is 1. The van der Waals surface area contributed by atoms with Gasteiger partial charge in [-0.2, -0.15) is 0 Å². The number of benzene rings is 2. The number of carbonyl (C=O) groups is 2. The van der Waals surface area contributed by atoms with Crippen LogP contribution in [0.2, 0.25) is 0 Å². The molecule has 0 spiro atoms. The summed E-state index contributed by atoms with van der Waals surface area (Å²) in [7, 11) is 0. The van der Waals surface area contributed by atoms with Crippen molar-refractivity contribution in [1.29, 1.82) is 0 Å². The molecule has 0 unspecified atom stereocenters. The SMILES string of the molecule is Cc1ccc2c(c1)N(CC(=O)Nc1ccc(N3CCCC3)cc1)CC(=O)O2. The third kappa shape index (κ3) is 3.89. The highest BCUT2D eigenvalue weighted by atomic mass is 16.5. The van der Waals surface area contributed by atoms with Crippen molar-refractivity contribution in [2.45, 2.75) is 19.8 Å². The van der Waals surface area contributed by atoms with Gasteiger partial charge >= 0.3 is 5.97 Å². The van der Waals surface area contributed by atoms with Gasteiger partial charge in [0.05, 0.1) is 12.2 Å². The van der Waals surface area contributed by atoms with Crippen LogP contribution in [0.4, 0.5) is 17.1 Å². The molecule has 0 bridgehead atoms. The van der Waals surface area contributed by atoms with Crippen LogP contribution in [0, 0.1) is 6.92 Å². The summed E-state index contributed by atoms with van der Waals surface area (Å²) < 4.78 is 5.26. The van der Waals surface area contributed by atoms with E-state index < -0.39 is 0 Å². The van der Waals surface area contributed by atoms with E-state index in [2.05, 4.69) is 10.2 Å². The van der Waals surface area contributed by atoms with Gasteiger partial charge in [0, 0.05) is 24.5 Å². The largest absolute Gasteiger partial charge is 0.423 e. The van der Waals surface area contributed by atoms with E-state index in [1.165, 1.54) is 18.5 Å². The molecule has 1 N–H and O–H groups in total. The van der Waals surface area contributed by atoms with E-state index in [0.29, 0.717) is 5.75 Å². The first-order valence-corrected chi connectivity index (χ1v) is 9.30. The number of hydrogen-bond donors (Lipinski definition) is 1. The topological polar surface area (TPSA) is 61.9 Å². The van der Waals surface area contributed by atoms with Crippen LogP contribution in [-0.4, -0.2) is 38.1 Å². The summed E-state index contributed by atoms with van der Waals surface area (Å²) >= 11 is 0. The van der Waals surface area contributed by atoms with Crippen LogP contribution in [0.15, 0.2) is 42.5 Å². The third-order valence-electron chi connectivity index (χ3n) is 4.96. The van der Waals surface area contributed by atoms with Crippen molar-refractivity contribution < 1.29 is 14.3 Å². The minimum absolute atomic E-state index is 0.0672. The Bertz CT molecular complexity index is 857. The predicted octanol–water partition coefficient (Wildman–Crippen LogP) is 2.96. The van der Waals surface area contributed by atoms with E-state index in [-0.39, 0.29) is 25.0 Å². The first kappa shape index (κ1) is 17.4. The van der Waals surface area contributed by atoms with Crippen molar-refractivity contribution in [2.24, 2.45) is 0 Å². The number of esters is 1. The van der Waals surface area contributed by atoms with Crippen LogP contribution in [-0.2, 0) is 9.59 Å². The van der Waals surface area contributed by atoms with Crippen LogP contribution in [0.3, 0.4) is 0 Å². The monoisotopic (exact) mass is 365 g/mol. The van der Waals surface area contributed by atoms with Gasteiger partial charge in [0.25, 0.3) is 0 Å². The van der Waals surface area contributed by atoms with Crippen LogP contribution in [0.5, 0.6) is 5.75 Å². The molecule has 140 valence electrons. The standard InChI is InChI=1S/C21H23N3O3/c1-15-4-9-19-18(12-15)24(14-21(26)27-19)13-20(25)22-16-5-7-17(8-6-16)23-10-2-3-11-23/h4-9,12H,2-3,10-11,13-14H2,1H3,(H,22,25). The number of rotatable bonds is 4. The third-order valence-corrected chi connectivity index (χ3v) is 4.96. The van der Waals surface area contributed by atoms with Crippen molar-refractivity contribution >= 4 is 28.9 Å². The molecule has 2 heterocycles. The fraction of sp³-hybridized carbons (Fsp3) is 0.333. The van der Waals surface area contributed by atoms with Crippen molar-refractivity contribution in [3.05, 3.63) is 48.0 Å². The van der Waals surface area contributed by atoms with Crippen LogP contribution < -0.4 is 19.9 Å². The summed E-state index contributed by atoms with van der Waals surface area (Å²) in [6.45, 7) is 4.32. The molecule has 2 aliphatic rings. The molecule has 0 aliphatic carbocycles. The molecule has 0 aromatic heterocycles. The molecule has 2 aromatic rings. The van der Waals surface area contributed by atoms with Gasteiger partial charge in [-0.1, -0.05) is 6.07 Å². The first-order valence-electron chi connectivity index (χ1n) is 9.30. The lowest BCUT2D eigenvalue weighted by Gasteiger charge is -2.29. The molecule has 1 saturated heterocycles. The normalized spacial score (nSPS) is 16.1. The summed E-state index contributed by atoms with van der Waals surface area (Å²) in [5, 5.41) is 2.92. The molecule has 6 heteroatoms. The summed E-state index contributed by atoms with van der Waals surface area (Å²) in [6, 6.07) is 13.5. The average molecular weight is 365 g/mol. The van der Waals surface area contributed by atoms with E-state index in [1.54, 1.807) is 11.0 Å². The van der Waals surface area contributed by atoms with Gasteiger partial charge < -0.3 is 19.9 Å². The molecule has 6 nitrogen and oxygen atoms in total. The summed E-state index contributed by atoms with van der Waals surface area (Å²) in [5.74, 6) is -0.0141. The quantitative estimate of drug-likeness (QED) is 0.667. The van der Waals surface area contributed by atoms with Gasteiger partial charge in [0.15, 0.2) is 5.75 Å². The van der Waals surface area contributed by atoms with Gasteiger partial charge in [-0.05, 0) is 61.7 Å². The zero-order valence-corrected chi connectivity index (χ0v) is 15.4. The van der Waals surface area contributed by atoms with E-state index in [4.69, 9.17) is 4.74 Å². The second kappa shape index (κ2) is 7.31. The van der Waals surface area contributed by atoms with Crippen molar-refractivity contribution in [2.75, 3.05) is 41.3 Å². The summed E-state index contributed by atoms with van der Waals surface area (Å²) in [5.41, 5.74) is 3.77. The maximum Gasteiger partial charge on any atom is 0.331 e. The zero-order chi connectivity index (χ0) is 18.8. The van der Waals surface area contributed by atoms with E-state index >= 15 is 0 Å². The molecule has 27 heavy (non-hydrogen) atoms. The molecule has 0 saturated carbocycles. The number of hydrogen-bond acceptors (Lipinski definition) is 5. The second-order valence-electron chi connectivity index (χ2n) is 7.09. The number of fused-ring (bicyclic) bond motifs is 1. The molecule has 0 atom stereocenters. The lowest BCUT2D eigenvalue weighted by Crippen LogP contribution is -2.41. The Labute approximate surface area is 158 Å². The zero-order valence-electron chi connectivity index (χ0n) is 15.4. The first-order chi connectivity index (χ1) is 13.1. The molecule has 2 aromatic carbocycles. The average Bonchev–Trinajstić information content (AvgIpc) is 3.17. The second-order valence-corrected chi connectivity index (χ2v) is 7.09. The number of aryl methyl sites for hydroxylation is 1. The van der Waals surface area contributed by atoms with Gasteiger partial charge in [-0.15, -0.1) is 0 Å². The van der Waals surface area contributed by atoms with Crippen molar-refractivity contribution in [3.63, 3.8) is 0 Å². The predicted molar refractivity (Wildman–Crippen MR) is 106 cm³/mol. The Kier molecular flexibility index (Phi) is 4.71. The van der Waals surface area contributed by atoms with Gasteiger partial charge in [0.2, 0.25) is 5.91 Å². The van der Waals surface area contributed by atoms with Crippen molar-refractivity contribution in [3.8, 4) is 5.75 Å². The smallest absolute Gasteiger partial charge is 0.331 e. The van der Waals surface area contributed by atoms with Crippen LogP contribution in [0.25, 0.3) is 0 Å². The number of amides is 1. The Hall–Kier alpha value is -3.02. The lowest BCUT2D eigenvalue weighted by atomic mass is 10.1. The lowest BCUT2D eigenvalue weighted by molar-refractivity contribution is -0.133. The van der Waals surface area contributed by atoms with Crippen molar-refractivity contribution in [1.82, 2.24) is 0 Å². The van der Waals surface area contributed by atoms with Gasteiger partial charge in [-0.25, -0.2) is 4.79 Å². The Morgan fingerprint density at radius 1 is 1.11 bits per heavy atom. The maximum absolute atomic E-state index is 12.5. The van der Waals surface area contributed by atoms with E-state index in [1.807, 2.05) is 43.3 Å². The fourth-order valence-corrected chi connectivity index (χ4v) is 3.60. The molecule has 1 fully saturated rings. The molecule has 2 aliphatic heterocycles. The highest BCUT2D eigenvalue weighted by molar-refractivity contribution is 5.96. The Balaban J connectivity index is 1.42. The molecule has 0 radical (unpaired) electrons. The molecule has 4 rings (SSSR count). The van der Waals surface area contributed by atoms with Crippen LogP contribution in [0.1, 0.15) is 18.4 Å². The number of ether oxygens (including phenoxy) is 1.